The van der Waals surface area contributed by atoms with Crippen molar-refractivity contribution in [3.05, 3.63) is 29.8 Å². The molecule has 0 bridgehead atoms. The molecule has 5 nitrogen and oxygen atoms in total. The molecule has 0 heterocycles. The van der Waals surface area contributed by atoms with Gasteiger partial charge >= 0.3 is 0 Å². The molecule has 0 radical (unpaired) electrons. The summed E-state index contributed by atoms with van der Waals surface area (Å²) in [6, 6.07) is 6.34. The van der Waals surface area contributed by atoms with E-state index in [4.69, 9.17) is 4.74 Å². The van der Waals surface area contributed by atoms with Crippen molar-refractivity contribution >= 4 is 15.7 Å². The smallest absolute Gasteiger partial charge is 0.272 e. The Morgan fingerprint density at radius 1 is 1.35 bits per heavy atom. The van der Waals surface area contributed by atoms with Crippen LogP contribution in [0.5, 0.6) is 5.75 Å². The normalized spacial score (nSPS) is 12.9. The van der Waals surface area contributed by atoms with Gasteiger partial charge in [0.15, 0.2) is 9.84 Å². The van der Waals surface area contributed by atoms with Crippen LogP contribution in [-0.4, -0.2) is 38.4 Å². The van der Waals surface area contributed by atoms with Crippen molar-refractivity contribution in [2.45, 2.75) is 38.5 Å². The third-order valence-corrected chi connectivity index (χ3v) is 5.41. The summed E-state index contributed by atoms with van der Waals surface area (Å²) in [5, 5.41) is 1.41. The van der Waals surface area contributed by atoms with E-state index in [9.17, 15) is 22.0 Å². The van der Waals surface area contributed by atoms with E-state index in [0.29, 0.717) is 12.0 Å². The molecule has 8 heteroatoms. The van der Waals surface area contributed by atoms with E-state index in [1.807, 2.05) is 0 Å². The molecule has 1 N–H and O–H groups in total. The molecule has 0 fully saturated rings. The Labute approximate surface area is 134 Å². The molecule has 1 aromatic carbocycles. The molecule has 1 aromatic rings. The molecule has 0 aliphatic heterocycles. The number of benzene rings is 1. The minimum absolute atomic E-state index is 0.0431. The number of sulfone groups is 1. The molecule has 0 saturated carbocycles. The lowest BCUT2D eigenvalue weighted by Gasteiger charge is -2.13. The van der Waals surface area contributed by atoms with Crippen LogP contribution in [0.4, 0.5) is 8.78 Å². The molecule has 1 atom stereocenters. The first-order valence-corrected chi connectivity index (χ1v) is 8.97. The van der Waals surface area contributed by atoms with Gasteiger partial charge in [0.1, 0.15) is 17.6 Å². The molecule has 0 saturated heterocycles. The predicted octanol–water partition coefficient (Wildman–Crippen LogP) is 2.16. The zero-order chi connectivity index (χ0) is 17.5. The van der Waals surface area contributed by atoms with Crippen LogP contribution < -0.4 is 10.1 Å². The number of nitrogens with one attached hydrogen (secondary N) is 1. The largest absolute Gasteiger partial charge is 0.488 e. The number of carbonyl (C=O) groups excluding carboxylic acids is 1. The van der Waals surface area contributed by atoms with Crippen LogP contribution in [-0.2, 0) is 21.2 Å². The molecule has 23 heavy (non-hydrogen) atoms. The van der Waals surface area contributed by atoms with Crippen LogP contribution in [0.2, 0.25) is 0 Å². The zero-order valence-electron chi connectivity index (χ0n) is 13.1. The Morgan fingerprint density at radius 2 is 2.04 bits per heavy atom. The van der Waals surface area contributed by atoms with Crippen LogP contribution in [0.25, 0.3) is 0 Å². The number of hydrogen-bond donors (Lipinski definition) is 1. The molecule has 0 aromatic heterocycles. The standard InChI is InChI=1S/C15H21F2NO4S/c1-3-7-23(20,21)11(2)15(19)18-9-12-5-4-6-13(8-12)22-10-14(16)17/h4-6,8,11,14H,3,7,9-10H2,1-2H3,(H,18,19)/t11-/m0/s1. The van der Waals surface area contributed by atoms with E-state index in [-0.39, 0.29) is 18.0 Å². The second-order valence-corrected chi connectivity index (χ2v) is 7.52. The number of ether oxygens (including phenoxy) is 1. The van der Waals surface area contributed by atoms with Gasteiger partial charge in [-0.1, -0.05) is 19.1 Å². The number of amides is 1. The third kappa shape index (κ3) is 6.52. The van der Waals surface area contributed by atoms with E-state index in [2.05, 4.69) is 5.32 Å². The SMILES string of the molecule is CCCS(=O)(=O)[C@@H](C)C(=O)NCc1cccc(OCC(F)F)c1. The predicted molar refractivity (Wildman–Crippen MR) is 83.3 cm³/mol. The second kappa shape index (κ2) is 8.81. The number of rotatable bonds is 9. The average molecular weight is 349 g/mol. The zero-order valence-corrected chi connectivity index (χ0v) is 13.9. The second-order valence-electron chi connectivity index (χ2n) is 5.08. The topological polar surface area (TPSA) is 72.5 Å². The van der Waals surface area contributed by atoms with Gasteiger partial charge in [-0.05, 0) is 31.0 Å². The summed E-state index contributed by atoms with van der Waals surface area (Å²) in [7, 11) is -3.46. The summed E-state index contributed by atoms with van der Waals surface area (Å²) >= 11 is 0. The van der Waals surface area contributed by atoms with E-state index in [1.54, 1.807) is 19.1 Å². The lowest BCUT2D eigenvalue weighted by Crippen LogP contribution is -2.38. The van der Waals surface area contributed by atoms with Gasteiger partial charge < -0.3 is 10.1 Å². The van der Waals surface area contributed by atoms with E-state index in [0.717, 1.165) is 0 Å². The highest BCUT2D eigenvalue weighted by molar-refractivity contribution is 7.92. The van der Waals surface area contributed by atoms with Crippen LogP contribution in [0, 0.1) is 0 Å². The lowest BCUT2D eigenvalue weighted by molar-refractivity contribution is -0.120. The van der Waals surface area contributed by atoms with Crippen molar-refractivity contribution in [2.24, 2.45) is 0 Å². The van der Waals surface area contributed by atoms with Crippen molar-refractivity contribution in [3.8, 4) is 5.75 Å². The first-order chi connectivity index (χ1) is 10.8. The first kappa shape index (κ1) is 19.3. The van der Waals surface area contributed by atoms with Crippen molar-refractivity contribution in [1.82, 2.24) is 5.32 Å². The maximum absolute atomic E-state index is 12.1. The maximum atomic E-state index is 12.1. The fraction of sp³-hybridized carbons (Fsp3) is 0.533. The Hall–Kier alpha value is -1.70. The molecule has 1 rings (SSSR count). The lowest BCUT2D eigenvalue weighted by atomic mass is 10.2. The van der Waals surface area contributed by atoms with Gasteiger partial charge in [0.05, 0.1) is 5.75 Å². The van der Waals surface area contributed by atoms with Crippen molar-refractivity contribution < 1.29 is 26.7 Å². The summed E-state index contributed by atoms with van der Waals surface area (Å²) in [6.07, 6.45) is -2.12. The van der Waals surface area contributed by atoms with Crippen LogP contribution in [0.1, 0.15) is 25.8 Å². The molecule has 0 spiro atoms. The minimum Gasteiger partial charge on any atom is -0.488 e. The Balaban J connectivity index is 2.61. The summed E-state index contributed by atoms with van der Waals surface area (Å²) in [6.45, 7) is 2.47. The number of alkyl halides is 2. The monoisotopic (exact) mass is 349 g/mol. The fourth-order valence-corrected chi connectivity index (χ4v) is 3.19. The number of halogens is 2. The van der Waals surface area contributed by atoms with E-state index >= 15 is 0 Å². The van der Waals surface area contributed by atoms with Gasteiger partial charge in [-0.2, -0.15) is 0 Å². The van der Waals surface area contributed by atoms with Gasteiger partial charge in [-0.3, -0.25) is 4.79 Å². The highest BCUT2D eigenvalue weighted by Crippen LogP contribution is 2.14. The Kier molecular flexibility index (Phi) is 7.41. The molecule has 0 aliphatic carbocycles. The number of carbonyl (C=O) groups is 1. The molecule has 0 unspecified atom stereocenters. The van der Waals surface area contributed by atoms with Gasteiger partial charge in [0.2, 0.25) is 5.91 Å². The number of hydrogen-bond acceptors (Lipinski definition) is 4. The highest BCUT2D eigenvalue weighted by Gasteiger charge is 2.26. The molecule has 130 valence electrons. The summed E-state index contributed by atoms with van der Waals surface area (Å²) in [5.74, 6) is -0.362. The van der Waals surface area contributed by atoms with Crippen LogP contribution in [0.15, 0.2) is 24.3 Å². The molecular formula is C15H21F2NO4S. The molecular weight excluding hydrogens is 328 g/mol. The third-order valence-electron chi connectivity index (χ3n) is 3.14. The maximum Gasteiger partial charge on any atom is 0.272 e. The van der Waals surface area contributed by atoms with Crippen molar-refractivity contribution in [2.75, 3.05) is 12.4 Å². The summed E-state index contributed by atoms with van der Waals surface area (Å²) in [5.41, 5.74) is 0.630. The Morgan fingerprint density at radius 3 is 2.65 bits per heavy atom. The van der Waals surface area contributed by atoms with Gasteiger partial charge in [-0.15, -0.1) is 0 Å². The molecule has 1 amide bonds. The summed E-state index contributed by atoms with van der Waals surface area (Å²) < 4.78 is 52.8. The van der Waals surface area contributed by atoms with Gasteiger partial charge in [0, 0.05) is 6.54 Å². The fourth-order valence-electron chi connectivity index (χ4n) is 1.86. The summed E-state index contributed by atoms with van der Waals surface area (Å²) in [4.78, 5) is 11.9. The van der Waals surface area contributed by atoms with E-state index in [1.165, 1.54) is 19.1 Å². The average Bonchev–Trinajstić information content (AvgIpc) is 2.50. The van der Waals surface area contributed by atoms with Crippen LogP contribution in [0.3, 0.4) is 0 Å². The van der Waals surface area contributed by atoms with Gasteiger partial charge in [-0.25, -0.2) is 17.2 Å². The first-order valence-electron chi connectivity index (χ1n) is 7.25. The Bertz CT molecular complexity index is 620. The van der Waals surface area contributed by atoms with Crippen LogP contribution >= 0.6 is 0 Å². The minimum atomic E-state index is -3.46. The highest BCUT2D eigenvalue weighted by atomic mass is 32.2. The van der Waals surface area contributed by atoms with E-state index < -0.39 is 34.0 Å². The van der Waals surface area contributed by atoms with Gasteiger partial charge in [0.25, 0.3) is 6.43 Å². The van der Waals surface area contributed by atoms with Crippen molar-refractivity contribution in [1.29, 1.82) is 0 Å². The molecule has 0 aliphatic rings. The quantitative estimate of drug-likeness (QED) is 0.741. The van der Waals surface area contributed by atoms with Crippen molar-refractivity contribution in [3.63, 3.8) is 0 Å².